The highest BCUT2D eigenvalue weighted by atomic mass is 32.1. The van der Waals surface area contributed by atoms with Gasteiger partial charge in [0.1, 0.15) is 5.69 Å². The number of rotatable bonds is 3. The molecule has 0 amide bonds. The van der Waals surface area contributed by atoms with Gasteiger partial charge < -0.3 is 5.73 Å². The Morgan fingerprint density at radius 1 is 1.11 bits per heavy atom. The van der Waals surface area contributed by atoms with Gasteiger partial charge in [-0.1, -0.05) is 12.1 Å². The molecule has 5 heteroatoms. The Hall–Kier alpha value is -2.11. The van der Waals surface area contributed by atoms with Gasteiger partial charge in [-0.25, -0.2) is 9.97 Å². The first-order chi connectivity index (χ1) is 9.38. The molecule has 0 aliphatic carbocycles. The van der Waals surface area contributed by atoms with Gasteiger partial charge in [0, 0.05) is 24.5 Å². The highest BCUT2D eigenvalue weighted by Gasteiger charge is 2.11. The Balaban J connectivity index is 2.13. The molecule has 0 spiro atoms. The van der Waals surface area contributed by atoms with E-state index < -0.39 is 0 Å². The van der Waals surface area contributed by atoms with Crippen molar-refractivity contribution in [2.45, 2.75) is 6.54 Å². The highest BCUT2D eigenvalue weighted by Crippen LogP contribution is 2.27. The fourth-order valence-corrected chi connectivity index (χ4v) is 2.55. The number of thiophene rings is 1. The van der Waals surface area contributed by atoms with Crippen LogP contribution in [0.2, 0.25) is 0 Å². The SMILES string of the molecule is NCc1cnc(-c2ccccn2)nc1-c1cccs1. The molecule has 19 heavy (non-hydrogen) atoms. The first-order valence-electron chi connectivity index (χ1n) is 5.90. The van der Waals surface area contributed by atoms with Crippen LogP contribution in [0.3, 0.4) is 0 Å². The molecule has 3 rings (SSSR count). The van der Waals surface area contributed by atoms with Crippen LogP contribution in [0.1, 0.15) is 5.56 Å². The van der Waals surface area contributed by atoms with Gasteiger partial charge in [-0.3, -0.25) is 4.98 Å². The van der Waals surface area contributed by atoms with Gasteiger partial charge in [-0.15, -0.1) is 11.3 Å². The van der Waals surface area contributed by atoms with Crippen LogP contribution in [-0.2, 0) is 6.54 Å². The molecular formula is C14H12N4S. The zero-order valence-corrected chi connectivity index (χ0v) is 11.0. The first kappa shape index (κ1) is 12.0. The highest BCUT2D eigenvalue weighted by molar-refractivity contribution is 7.13. The summed E-state index contributed by atoms with van der Waals surface area (Å²) in [5, 5.41) is 2.03. The molecule has 0 fully saturated rings. The molecule has 3 aromatic rings. The van der Waals surface area contributed by atoms with E-state index in [2.05, 4.69) is 15.0 Å². The third kappa shape index (κ3) is 2.38. The molecule has 94 valence electrons. The molecular weight excluding hydrogens is 256 g/mol. The average Bonchev–Trinajstić information content (AvgIpc) is 3.01. The monoisotopic (exact) mass is 268 g/mol. The van der Waals surface area contributed by atoms with Gasteiger partial charge >= 0.3 is 0 Å². The molecule has 0 atom stereocenters. The van der Waals surface area contributed by atoms with Crippen molar-refractivity contribution in [3.05, 3.63) is 53.7 Å². The summed E-state index contributed by atoms with van der Waals surface area (Å²) in [5.74, 6) is 0.626. The molecule has 0 unspecified atom stereocenters. The zero-order valence-electron chi connectivity index (χ0n) is 10.2. The Kier molecular flexibility index (Phi) is 3.31. The maximum absolute atomic E-state index is 5.75. The minimum atomic E-state index is 0.426. The van der Waals surface area contributed by atoms with Crippen LogP contribution in [0.4, 0.5) is 0 Å². The van der Waals surface area contributed by atoms with Crippen molar-refractivity contribution in [3.63, 3.8) is 0 Å². The zero-order chi connectivity index (χ0) is 13.1. The van der Waals surface area contributed by atoms with Gasteiger partial charge in [0.05, 0.1) is 10.6 Å². The minimum absolute atomic E-state index is 0.426. The Morgan fingerprint density at radius 2 is 2.05 bits per heavy atom. The van der Waals surface area contributed by atoms with Crippen molar-refractivity contribution in [1.82, 2.24) is 15.0 Å². The average molecular weight is 268 g/mol. The van der Waals surface area contributed by atoms with Gasteiger partial charge in [0.2, 0.25) is 0 Å². The second-order valence-electron chi connectivity index (χ2n) is 3.96. The Labute approximate surface area is 115 Å². The molecule has 4 nitrogen and oxygen atoms in total. The standard InChI is InChI=1S/C14H12N4S/c15-8-10-9-17-14(11-4-1-2-6-16-11)18-13(10)12-5-3-7-19-12/h1-7,9H,8,15H2. The second kappa shape index (κ2) is 5.26. The van der Waals surface area contributed by atoms with Crippen molar-refractivity contribution in [1.29, 1.82) is 0 Å². The van der Waals surface area contributed by atoms with Gasteiger partial charge in [-0.05, 0) is 23.6 Å². The summed E-state index contributed by atoms with van der Waals surface area (Å²) in [5.41, 5.74) is 8.36. The van der Waals surface area contributed by atoms with E-state index in [1.165, 1.54) is 0 Å². The predicted octanol–water partition coefficient (Wildman–Crippen LogP) is 2.73. The van der Waals surface area contributed by atoms with Crippen LogP contribution < -0.4 is 5.73 Å². The molecule has 3 heterocycles. The molecule has 0 bridgehead atoms. The lowest BCUT2D eigenvalue weighted by Gasteiger charge is -2.06. The fraction of sp³-hybridized carbons (Fsp3) is 0.0714. The summed E-state index contributed by atoms with van der Waals surface area (Å²) in [6, 6.07) is 9.73. The smallest absolute Gasteiger partial charge is 0.178 e. The lowest BCUT2D eigenvalue weighted by atomic mass is 10.2. The maximum Gasteiger partial charge on any atom is 0.178 e. The summed E-state index contributed by atoms with van der Waals surface area (Å²) >= 11 is 1.64. The van der Waals surface area contributed by atoms with Crippen molar-refractivity contribution in [2.24, 2.45) is 5.73 Å². The Morgan fingerprint density at radius 3 is 2.74 bits per heavy atom. The molecule has 0 saturated carbocycles. The lowest BCUT2D eigenvalue weighted by Crippen LogP contribution is -2.03. The van der Waals surface area contributed by atoms with Crippen molar-refractivity contribution in [2.75, 3.05) is 0 Å². The molecule has 0 saturated heterocycles. The lowest BCUT2D eigenvalue weighted by molar-refractivity contribution is 1.01. The van der Waals surface area contributed by atoms with Crippen LogP contribution in [0.15, 0.2) is 48.1 Å². The normalized spacial score (nSPS) is 10.6. The van der Waals surface area contributed by atoms with E-state index in [-0.39, 0.29) is 0 Å². The van der Waals surface area contributed by atoms with Gasteiger partial charge in [0.15, 0.2) is 5.82 Å². The summed E-state index contributed by atoms with van der Waals surface area (Å²) < 4.78 is 0. The third-order valence-corrected chi connectivity index (χ3v) is 3.61. The molecule has 3 aromatic heterocycles. The van der Waals surface area contributed by atoms with E-state index in [1.807, 2.05) is 35.7 Å². The molecule has 0 aliphatic heterocycles. The predicted molar refractivity (Wildman–Crippen MR) is 76.5 cm³/mol. The molecule has 0 aromatic carbocycles. The largest absolute Gasteiger partial charge is 0.326 e. The maximum atomic E-state index is 5.75. The van der Waals surface area contributed by atoms with Crippen LogP contribution in [0, 0.1) is 0 Å². The van der Waals surface area contributed by atoms with E-state index >= 15 is 0 Å². The minimum Gasteiger partial charge on any atom is -0.326 e. The van der Waals surface area contributed by atoms with Crippen LogP contribution in [-0.4, -0.2) is 15.0 Å². The van der Waals surface area contributed by atoms with Crippen LogP contribution in [0.25, 0.3) is 22.1 Å². The van der Waals surface area contributed by atoms with Crippen molar-refractivity contribution in [3.8, 4) is 22.1 Å². The van der Waals surface area contributed by atoms with E-state index in [1.54, 1.807) is 23.7 Å². The third-order valence-electron chi connectivity index (χ3n) is 2.73. The van der Waals surface area contributed by atoms with Crippen molar-refractivity contribution < 1.29 is 0 Å². The van der Waals surface area contributed by atoms with Crippen molar-refractivity contribution >= 4 is 11.3 Å². The number of hydrogen-bond donors (Lipinski definition) is 1. The summed E-state index contributed by atoms with van der Waals surface area (Å²) in [4.78, 5) is 14.3. The number of nitrogens with two attached hydrogens (primary N) is 1. The molecule has 0 radical (unpaired) electrons. The topological polar surface area (TPSA) is 64.7 Å². The Bertz CT molecular complexity index is 665. The first-order valence-corrected chi connectivity index (χ1v) is 6.77. The number of pyridine rings is 1. The molecule has 0 aliphatic rings. The number of nitrogens with zero attached hydrogens (tertiary/aromatic N) is 3. The summed E-state index contributed by atoms with van der Waals surface area (Å²) in [6.07, 6.45) is 3.52. The number of aromatic nitrogens is 3. The van der Waals surface area contributed by atoms with Gasteiger partial charge in [0.25, 0.3) is 0 Å². The second-order valence-corrected chi connectivity index (χ2v) is 4.91. The summed E-state index contributed by atoms with van der Waals surface area (Å²) in [7, 11) is 0. The number of hydrogen-bond acceptors (Lipinski definition) is 5. The van der Waals surface area contributed by atoms with E-state index in [9.17, 15) is 0 Å². The molecule has 2 N–H and O–H groups in total. The van der Waals surface area contributed by atoms with E-state index in [4.69, 9.17) is 5.73 Å². The summed E-state index contributed by atoms with van der Waals surface area (Å²) in [6.45, 7) is 0.426. The van der Waals surface area contributed by atoms with Crippen LogP contribution >= 0.6 is 11.3 Å². The van der Waals surface area contributed by atoms with Crippen LogP contribution in [0.5, 0.6) is 0 Å². The quantitative estimate of drug-likeness (QED) is 0.793. The van der Waals surface area contributed by atoms with E-state index in [0.717, 1.165) is 21.8 Å². The fourth-order valence-electron chi connectivity index (χ4n) is 1.80. The van der Waals surface area contributed by atoms with Gasteiger partial charge in [-0.2, -0.15) is 0 Å². The van der Waals surface area contributed by atoms with E-state index in [0.29, 0.717) is 12.4 Å².